The van der Waals surface area contributed by atoms with Gasteiger partial charge in [0.2, 0.25) is 5.88 Å². The van der Waals surface area contributed by atoms with Crippen molar-refractivity contribution in [2.75, 3.05) is 18.8 Å². The Morgan fingerprint density at radius 1 is 1.17 bits per heavy atom. The van der Waals surface area contributed by atoms with Gasteiger partial charge in [-0.2, -0.15) is 0 Å². The normalized spacial score (nSPS) is 15.8. The molecular formula is C18H18N4O2. The van der Waals surface area contributed by atoms with Gasteiger partial charge in [-0.05, 0) is 25.0 Å². The SMILES string of the molecule is Nc1cc(C2CCN(C(=O)c3ccc4ccccc4n3)CC2)no1. The van der Waals surface area contributed by atoms with Crippen LogP contribution in [0.2, 0.25) is 0 Å². The van der Waals surface area contributed by atoms with Crippen molar-refractivity contribution in [3.05, 3.63) is 53.9 Å². The lowest BCUT2D eigenvalue weighted by atomic mass is 9.93. The van der Waals surface area contributed by atoms with Gasteiger partial charge in [-0.3, -0.25) is 4.79 Å². The minimum absolute atomic E-state index is 0.0149. The van der Waals surface area contributed by atoms with Gasteiger partial charge < -0.3 is 15.2 Å². The van der Waals surface area contributed by atoms with Crippen molar-refractivity contribution in [1.82, 2.24) is 15.0 Å². The molecule has 0 spiro atoms. The van der Waals surface area contributed by atoms with Crippen LogP contribution < -0.4 is 5.73 Å². The third-order valence-corrected chi connectivity index (χ3v) is 4.56. The summed E-state index contributed by atoms with van der Waals surface area (Å²) < 4.78 is 4.94. The number of likely N-dealkylation sites (tertiary alicyclic amines) is 1. The molecular weight excluding hydrogens is 304 g/mol. The molecule has 0 bridgehead atoms. The Hall–Kier alpha value is -2.89. The van der Waals surface area contributed by atoms with Crippen LogP contribution in [-0.4, -0.2) is 34.0 Å². The van der Waals surface area contributed by atoms with Crippen LogP contribution in [0.25, 0.3) is 10.9 Å². The van der Waals surface area contributed by atoms with E-state index in [0.717, 1.165) is 29.4 Å². The fourth-order valence-corrected chi connectivity index (χ4v) is 3.22. The predicted molar refractivity (Wildman–Crippen MR) is 90.5 cm³/mol. The minimum atomic E-state index is -0.0149. The van der Waals surface area contributed by atoms with Crippen LogP contribution in [0.5, 0.6) is 0 Å². The summed E-state index contributed by atoms with van der Waals surface area (Å²) >= 11 is 0. The van der Waals surface area contributed by atoms with Gasteiger partial charge in [0.05, 0.1) is 11.2 Å². The molecule has 1 aliphatic rings. The molecule has 1 amide bonds. The summed E-state index contributed by atoms with van der Waals surface area (Å²) in [4.78, 5) is 19.1. The van der Waals surface area contributed by atoms with Gasteiger partial charge in [0.25, 0.3) is 5.91 Å². The number of nitrogen functional groups attached to an aromatic ring is 1. The van der Waals surface area contributed by atoms with E-state index in [1.54, 1.807) is 12.1 Å². The van der Waals surface area contributed by atoms with E-state index in [9.17, 15) is 4.79 Å². The Labute approximate surface area is 139 Å². The molecule has 4 rings (SSSR count). The number of rotatable bonds is 2. The highest BCUT2D eigenvalue weighted by atomic mass is 16.5. The number of aromatic nitrogens is 2. The largest absolute Gasteiger partial charge is 0.368 e. The number of para-hydroxylation sites is 1. The summed E-state index contributed by atoms with van der Waals surface area (Å²) in [5.74, 6) is 0.613. The first-order chi connectivity index (χ1) is 11.7. The third-order valence-electron chi connectivity index (χ3n) is 4.56. The van der Waals surface area contributed by atoms with Gasteiger partial charge in [-0.15, -0.1) is 0 Å². The van der Waals surface area contributed by atoms with E-state index in [0.29, 0.717) is 30.6 Å². The van der Waals surface area contributed by atoms with Gasteiger partial charge in [-0.25, -0.2) is 4.98 Å². The lowest BCUT2D eigenvalue weighted by molar-refractivity contribution is 0.0706. The van der Waals surface area contributed by atoms with Crippen LogP contribution in [0.3, 0.4) is 0 Å². The first-order valence-corrected chi connectivity index (χ1v) is 8.08. The molecule has 3 heterocycles. The Morgan fingerprint density at radius 2 is 1.96 bits per heavy atom. The number of carbonyl (C=O) groups excluding carboxylic acids is 1. The van der Waals surface area contributed by atoms with E-state index in [1.165, 1.54) is 0 Å². The van der Waals surface area contributed by atoms with Gasteiger partial charge in [-0.1, -0.05) is 29.4 Å². The van der Waals surface area contributed by atoms with Crippen LogP contribution in [-0.2, 0) is 0 Å². The number of anilines is 1. The zero-order valence-corrected chi connectivity index (χ0v) is 13.2. The average Bonchev–Trinajstić information content (AvgIpc) is 3.07. The van der Waals surface area contributed by atoms with Crippen LogP contribution in [0.15, 0.2) is 47.0 Å². The summed E-state index contributed by atoms with van der Waals surface area (Å²) in [6.07, 6.45) is 1.70. The van der Waals surface area contributed by atoms with Gasteiger partial charge in [0, 0.05) is 30.5 Å². The van der Waals surface area contributed by atoms with E-state index < -0.39 is 0 Å². The quantitative estimate of drug-likeness (QED) is 0.784. The van der Waals surface area contributed by atoms with Crippen LogP contribution in [0.1, 0.15) is 34.9 Å². The number of hydrogen-bond donors (Lipinski definition) is 1. The van der Waals surface area contributed by atoms with Crippen LogP contribution in [0, 0.1) is 0 Å². The first kappa shape index (κ1) is 14.7. The lowest BCUT2D eigenvalue weighted by Gasteiger charge is -2.30. The van der Waals surface area contributed by atoms with E-state index in [2.05, 4.69) is 10.1 Å². The highest BCUT2D eigenvalue weighted by Crippen LogP contribution is 2.28. The Balaban J connectivity index is 1.47. The smallest absolute Gasteiger partial charge is 0.272 e. The number of pyridine rings is 1. The van der Waals surface area contributed by atoms with Gasteiger partial charge in [0.1, 0.15) is 5.69 Å². The number of piperidine rings is 1. The van der Waals surface area contributed by atoms with Crippen molar-refractivity contribution < 1.29 is 9.32 Å². The zero-order chi connectivity index (χ0) is 16.5. The van der Waals surface area contributed by atoms with Crippen molar-refractivity contribution >= 4 is 22.7 Å². The molecule has 0 aliphatic carbocycles. The van der Waals surface area contributed by atoms with Crippen LogP contribution >= 0.6 is 0 Å². The van der Waals surface area contributed by atoms with E-state index in [-0.39, 0.29) is 5.91 Å². The molecule has 0 saturated carbocycles. The summed E-state index contributed by atoms with van der Waals surface area (Å²) in [5, 5.41) is 5.02. The zero-order valence-electron chi connectivity index (χ0n) is 13.2. The second-order valence-electron chi connectivity index (χ2n) is 6.11. The molecule has 122 valence electrons. The second kappa shape index (κ2) is 5.96. The predicted octanol–water partition coefficient (Wildman–Crippen LogP) is 2.82. The standard InChI is InChI=1S/C18H18N4O2/c19-17-11-16(21-24-17)13-7-9-22(10-8-13)18(23)15-6-5-12-3-1-2-4-14(12)20-15/h1-6,11,13H,7-10,19H2. The number of carbonyl (C=O) groups is 1. The molecule has 1 saturated heterocycles. The molecule has 6 nitrogen and oxygen atoms in total. The molecule has 1 aromatic carbocycles. The maximum absolute atomic E-state index is 12.7. The maximum Gasteiger partial charge on any atom is 0.272 e. The maximum atomic E-state index is 12.7. The summed E-state index contributed by atoms with van der Waals surface area (Å²) in [5.41, 5.74) is 7.80. The Bertz CT molecular complexity index is 881. The first-order valence-electron chi connectivity index (χ1n) is 8.08. The van der Waals surface area contributed by atoms with Gasteiger partial charge >= 0.3 is 0 Å². The highest BCUT2D eigenvalue weighted by molar-refractivity contribution is 5.95. The second-order valence-corrected chi connectivity index (χ2v) is 6.11. The van der Waals surface area contributed by atoms with Crippen molar-refractivity contribution in [2.45, 2.75) is 18.8 Å². The number of amides is 1. The topological polar surface area (TPSA) is 85.2 Å². The Kier molecular flexibility index (Phi) is 3.65. The summed E-state index contributed by atoms with van der Waals surface area (Å²) in [6, 6.07) is 13.3. The number of nitrogens with two attached hydrogens (primary N) is 1. The van der Waals surface area contributed by atoms with Crippen LogP contribution in [0.4, 0.5) is 5.88 Å². The van der Waals surface area contributed by atoms with Crippen molar-refractivity contribution in [2.24, 2.45) is 0 Å². The average molecular weight is 322 g/mol. The highest BCUT2D eigenvalue weighted by Gasteiger charge is 2.27. The molecule has 0 unspecified atom stereocenters. The van der Waals surface area contributed by atoms with Crippen molar-refractivity contribution in [3.63, 3.8) is 0 Å². The monoisotopic (exact) mass is 322 g/mol. The fourth-order valence-electron chi connectivity index (χ4n) is 3.22. The molecule has 1 aliphatic heterocycles. The number of nitrogens with zero attached hydrogens (tertiary/aromatic N) is 3. The number of benzene rings is 1. The fraction of sp³-hybridized carbons (Fsp3) is 0.278. The minimum Gasteiger partial charge on any atom is -0.368 e. The molecule has 24 heavy (non-hydrogen) atoms. The van der Waals surface area contributed by atoms with Crippen molar-refractivity contribution in [1.29, 1.82) is 0 Å². The summed E-state index contributed by atoms with van der Waals surface area (Å²) in [7, 11) is 0. The Morgan fingerprint density at radius 3 is 2.71 bits per heavy atom. The third kappa shape index (κ3) is 2.71. The molecule has 2 N–H and O–H groups in total. The molecule has 1 fully saturated rings. The van der Waals surface area contributed by atoms with E-state index >= 15 is 0 Å². The van der Waals surface area contributed by atoms with Crippen molar-refractivity contribution in [3.8, 4) is 0 Å². The lowest BCUT2D eigenvalue weighted by Crippen LogP contribution is -2.38. The van der Waals surface area contributed by atoms with Gasteiger partial charge in [0.15, 0.2) is 0 Å². The molecule has 3 aromatic rings. The molecule has 6 heteroatoms. The number of hydrogen-bond acceptors (Lipinski definition) is 5. The number of fused-ring (bicyclic) bond motifs is 1. The molecule has 0 atom stereocenters. The van der Waals surface area contributed by atoms with E-state index in [4.69, 9.17) is 10.3 Å². The van der Waals surface area contributed by atoms with E-state index in [1.807, 2.05) is 35.2 Å². The molecule has 2 aromatic heterocycles. The molecule has 0 radical (unpaired) electrons. The summed E-state index contributed by atoms with van der Waals surface area (Å²) in [6.45, 7) is 1.37.